The van der Waals surface area contributed by atoms with E-state index < -0.39 is 6.03 Å². The summed E-state index contributed by atoms with van der Waals surface area (Å²) in [4.78, 5) is 34.0. The Kier molecular flexibility index (Phi) is 4.72. The molecule has 0 spiro atoms. The molecule has 140 valence electrons. The molecule has 1 unspecified atom stereocenters. The summed E-state index contributed by atoms with van der Waals surface area (Å²) in [6.07, 6.45) is 6.84. The van der Waals surface area contributed by atoms with Gasteiger partial charge in [-0.05, 0) is 52.6 Å². The van der Waals surface area contributed by atoms with Gasteiger partial charge in [0, 0.05) is 36.9 Å². The molecule has 0 saturated carbocycles. The van der Waals surface area contributed by atoms with Gasteiger partial charge in [0.25, 0.3) is 5.91 Å². The third-order valence-corrected chi connectivity index (χ3v) is 4.86. The number of nitrogens with zero attached hydrogens (tertiary/aromatic N) is 3. The number of nitrogens with two attached hydrogens (primary N) is 1. The summed E-state index contributed by atoms with van der Waals surface area (Å²) in [5.74, 6) is -0.161. The number of rotatable bonds is 4. The van der Waals surface area contributed by atoms with E-state index in [0.29, 0.717) is 18.7 Å². The minimum Gasteiger partial charge on any atom is -0.351 e. The number of fused-ring (bicyclic) bond motifs is 1. The van der Waals surface area contributed by atoms with Crippen LogP contribution in [-0.4, -0.2) is 26.8 Å². The van der Waals surface area contributed by atoms with Gasteiger partial charge in [-0.2, -0.15) is 0 Å². The first-order valence-corrected chi connectivity index (χ1v) is 8.89. The molecule has 7 nitrogen and oxygen atoms in total. The van der Waals surface area contributed by atoms with Crippen LogP contribution in [-0.2, 0) is 13.1 Å². The lowest BCUT2D eigenvalue weighted by Gasteiger charge is -2.24. The van der Waals surface area contributed by atoms with Crippen molar-refractivity contribution >= 4 is 11.9 Å². The van der Waals surface area contributed by atoms with Crippen molar-refractivity contribution in [3.05, 3.63) is 95.1 Å². The lowest BCUT2D eigenvalue weighted by atomic mass is 9.98. The highest BCUT2D eigenvalue weighted by molar-refractivity contribution is 5.94. The van der Waals surface area contributed by atoms with E-state index >= 15 is 0 Å². The Morgan fingerprint density at radius 1 is 1.04 bits per heavy atom. The van der Waals surface area contributed by atoms with Gasteiger partial charge in [0.05, 0.1) is 12.6 Å². The Morgan fingerprint density at radius 3 is 2.46 bits per heavy atom. The highest BCUT2D eigenvalue weighted by Gasteiger charge is 2.33. The maximum Gasteiger partial charge on any atom is 0.315 e. The van der Waals surface area contributed by atoms with Crippen molar-refractivity contribution in [3.8, 4) is 0 Å². The number of hydrogen-bond acceptors (Lipinski definition) is 4. The Morgan fingerprint density at radius 2 is 1.75 bits per heavy atom. The third kappa shape index (κ3) is 3.42. The van der Waals surface area contributed by atoms with Crippen LogP contribution < -0.4 is 11.1 Å². The van der Waals surface area contributed by atoms with E-state index in [2.05, 4.69) is 15.3 Å². The number of carbonyl (C=O) groups excluding carboxylic acids is 2. The van der Waals surface area contributed by atoms with Crippen molar-refractivity contribution in [2.24, 2.45) is 5.73 Å². The monoisotopic (exact) mass is 373 g/mol. The summed E-state index contributed by atoms with van der Waals surface area (Å²) in [6.45, 7) is 0.860. The number of amides is 3. The minimum absolute atomic E-state index is 0.161. The van der Waals surface area contributed by atoms with E-state index in [0.717, 1.165) is 22.3 Å². The van der Waals surface area contributed by atoms with Crippen LogP contribution in [0.3, 0.4) is 0 Å². The van der Waals surface area contributed by atoms with Crippen LogP contribution in [0.2, 0.25) is 0 Å². The van der Waals surface area contributed by atoms with Crippen molar-refractivity contribution in [1.82, 2.24) is 20.2 Å². The summed E-state index contributed by atoms with van der Waals surface area (Å²) in [7, 11) is 0. The highest BCUT2D eigenvalue weighted by Crippen LogP contribution is 2.37. The number of benzene rings is 1. The van der Waals surface area contributed by atoms with Crippen molar-refractivity contribution in [2.75, 3.05) is 0 Å². The van der Waals surface area contributed by atoms with Gasteiger partial charge in [-0.1, -0.05) is 12.1 Å². The predicted octanol–water partition coefficient (Wildman–Crippen LogP) is 2.39. The fourth-order valence-corrected chi connectivity index (χ4v) is 3.45. The Labute approximate surface area is 162 Å². The molecule has 1 aromatic carbocycles. The van der Waals surface area contributed by atoms with Gasteiger partial charge in [-0.25, -0.2) is 4.79 Å². The van der Waals surface area contributed by atoms with Crippen LogP contribution in [0.4, 0.5) is 4.79 Å². The smallest absolute Gasteiger partial charge is 0.315 e. The topological polar surface area (TPSA) is 101 Å². The molecule has 7 heteroatoms. The molecule has 1 atom stereocenters. The van der Waals surface area contributed by atoms with Gasteiger partial charge in [0.15, 0.2) is 0 Å². The Hall–Kier alpha value is -3.74. The molecule has 3 N–H and O–H groups in total. The van der Waals surface area contributed by atoms with Gasteiger partial charge in [-0.15, -0.1) is 0 Å². The summed E-state index contributed by atoms with van der Waals surface area (Å²) in [6, 6.07) is 12.1. The van der Waals surface area contributed by atoms with E-state index in [1.54, 1.807) is 41.8 Å². The Balaban J connectivity index is 1.52. The molecule has 3 aromatic rings. The van der Waals surface area contributed by atoms with Gasteiger partial charge < -0.3 is 16.0 Å². The summed E-state index contributed by atoms with van der Waals surface area (Å²) in [5, 5.41) is 2.89. The predicted molar refractivity (Wildman–Crippen MR) is 103 cm³/mol. The molecule has 28 heavy (non-hydrogen) atoms. The van der Waals surface area contributed by atoms with Crippen molar-refractivity contribution in [3.63, 3.8) is 0 Å². The maximum absolute atomic E-state index is 12.4. The molecule has 0 radical (unpaired) electrons. The lowest BCUT2D eigenvalue weighted by Crippen LogP contribution is -2.34. The van der Waals surface area contributed by atoms with E-state index in [9.17, 15) is 9.59 Å². The largest absolute Gasteiger partial charge is 0.351 e. The van der Waals surface area contributed by atoms with E-state index in [1.807, 2.05) is 30.3 Å². The van der Waals surface area contributed by atoms with Gasteiger partial charge >= 0.3 is 6.03 Å². The molecular formula is C21H19N5O2. The molecular weight excluding hydrogens is 354 g/mol. The molecule has 0 aliphatic carbocycles. The van der Waals surface area contributed by atoms with Crippen molar-refractivity contribution in [2.45, 2.75) is 19.1 Å². The molecule has 1 aliphatic rings. The highest BCUT2D eigenvalue weighted by atomic mass is 16.2. The first-order valence-electron chi connectivity index (χ1n) is 8.89. The summed E-state index contributed by atoms with van der Waals surface area (Å²) < 4.78 is 0. The standard InChI is InChI=1S/C21H19N5O2/c22-21(28)26-13-17-12-24-10-7-18(17)19(26)15-1-3-16(4-2-15)20(27)25-11-14-5-8-23-9-6-14/h1-10,12,19H,11,13H2,(H2,22,28)(H,25,27). The number of hydrogen-bond donors (Lipinski definition) is 2. The normalized spacial score (nSPS) is 15.1. The SMILES string of the molecule is NC(=O)N1Cc2cnccc2C1c1ccc(C(=O)NCc2ccncc2)cc1. The number of primary amides is 1. The van der Waals surface area contributed by atoms with E-state index in [-0.39, 0.29) is 11.9 Å². The molecule has 3 heterocycles. The second-order valence-electron chi connectivity index (χ2n) is 6.60. The summed E-state index contributed by atoms with van der Waals surface area (Å²) in [5.41, 5.74) is 9.99. The fourth-order valence-electron chi connectivity index (χ4n) is 3.45. The summed E-state index contributed by atoms with van der Waals surface area (Å²) >= 11 is 0. The quantitative estimate of drug-likeness (QED) is 0.733. The van der Waals surface area contributed by atoms with Crippen LogP contribution >= 0.6 is 0 Å². The van der Waals surface area contributed by atoms with Crippen molar-refractivity contribution < 1.29 is 9.59 Å². The second kappa shape index (κ2) is 7.48. The zero-order valence-electron chi connectivity index (χ0n) is 15.1. The average Bonchev–Trinajstić information content (AvgIpc) is 3.13. The van der Waals surface area contributed by atoms with Gasteiger partial charge in [-0.3, -0.25) is 14.8 Å². The molecule has 3 amide bonds. The first-order chi connectivity index (χ1) is 13.6. The fraction of sp³-hybridized carbons (Fsp3) is 0.143. The van der Waals surface area contributed by atoms with Gasteiger partial charge in [0.2, 0.25) is 0 Å². The average molecular weight is 373 g/mol. The van der Waals surface area contributed by atoms with Crippen LogP contribution in [0.5, 0.6) is 0 Å². The van der Waals surface area contributed by atoms with E-state index in [4.69, 9.17) is 5.73 Å². The molecule has 1 aliphatic heterocycles. The Bertz CT molecular complexity index is 1000. The van der Waals surface area contributed by atoms with Crippen LogP contribution in [0.1, 0.15) is 38.7 Å². The number of nitrogens with one attached hydrogen (secondary N) is 1. The van der Waals surface area contributed by atoms with E-state index in [1.165, 1.54) is 0 Å². The maximum atomic E-state index is 12.4. The molecule has 2 aromatic heterocycles. The first kappa shape index (κ1) is 17.7. The molecule has 0 bridgehead atoms. The zero-order chi connectivity index (χ0) is 19.5. The van der Waals surface area contributed by atoms with Crippen LogP contribution in [0, 0.1) is 0 Å². The number of pyridine rings is 2. The minimum atomic E-state index is -0.486. The number of carbonyl (C=O) groups is 2. The molecule has 4 rings (SSSR count). The lowest BCUT2D eigenvalue weighted by molar-refractivity contribution is 0.0950. The number of aromatic nitrogens is 2. The zero-order valence-corrected chi connectivity index (χ0v) is 15.1. The molecule has 0 saturated heterocycles. The van der Waals surface area contributed by atoms with Crippen molar-refractivity contribution in [1.29, 1.82) is 0 Å². The third-order valence-electron chi connectivity index (χ3n) is 4.86. The number of urea groups is 1. The second-order valence-corrected chi connectivity index (χ2v) is 6.60. The van der Waals surface area contributed by atoms with Crippen LogP contribution in [0.15, 0.2) is 67.3 Å². The molecule has 0 fully saturated rings. The van der Waals surface area contributed by atoms with Crippen LogP contribution in [0.25, 0.3) is 0 Å². The van der Waals surface area contributed by atoms with Gasteiger partial charge in [0.1, 0.15) is 0 Å².